The number of aliphatic hydroxyl groups excluding tert-OH is 2. The van der Waals surface area contributed by atoms with Crippen molar-refractivity contribution in [2.24, 2.45) is 0 Å². The highest BCUT2D eigenvalue weighted by Crippen LogP contribution is 2.37. The number of aromatic nitrogens is 2. The molecule has 0 fully saturated rings. The summed E-state index contributed by atoms with van der Waals surface area (Å²) >= 11 is 13.6. The zero-order chi connectivity index (χ0) is 50.2. The van der Waals surface area contributed by atoms with E-state index >= 15 is 0 Å². The monoisotopic (exact) mass is 988 g/mol. The van der Waals surface area contributed by atoms with Crippen LogP contribution in [-0.2, 0) is 49.1 Å². The van der Waals surface area contributed by atoms with Gasteiger partial charge in [0.25, 0.3) is 0 Å². The second kappa shape index (κ2) is 25.4. The fourth-order valence-corrected chi connectivity index (χ4v) is 7.83. The fourth-order valence-electron chi connectivity index (χ4n) is 7.34. The number of ether oxygens (including phenoxy) is 4. The first kappa shape index (κ1) is 52.1. The molecule has 0 aliphatic heterocycles. The summed E-state index contributed by atoms with van der Waals surface area (Å²) in [6.07, 6.45) is 0.0228. The molecule has 0 saturated heterocycles. The van der Waals surface area contributed by atoms with Crippen LogP contribution in [0, 0.1) is 36.5 Å². The zero-order valence-corrected chi connectivity index (χ0v) is 39.8. The SMILES string of the molecule is Cc1c(COc2cc(OCc3cc(C#N)ccn3)c(CNC[C@@H](O)CC(=O)O)cc2Cl)cccc1-c1cccc(COc2cc(OCc3cc(C#N)ccn3)c(CNC[C@@H](O)CC(=O)O)cc2Cl)c1C. The Morgan fingerprint density at radius 2 is 0.986 bits per heavy atom. The minimum Gasteiger partial charge on any atom is -0.487 e. The molecule has 0 saturated carbocycles. The molecule has 0 unspecified atom stereocenters. The molecular weight excluding hydrogens is 940 g/mol. The van der Waals surface area contributed by atoms with Gasteiger partial charge in [0.1, 0.15) is 49.4 Å². The summed E-state index contributed by atoms with van der Waals surface area (Å²) in [5.41, 5.74) is 8.84. The van der Waals surface area contributed by atoms with Gasteiger partial charge >= 0.3 is 11.9 Å². The first-order valence-electron chi connectivity index (χ1n) is 22.0. The molecular formula is C52H50Cl2N6O10. The van der Waals surface area contributed by atoms with Crippen molar-refractivity contribution in [3.63, 3.8) is 0 Å². The van der Waals surface area contributed by atoms with E-state index in [9.17, 15) is 30.3 Å². The standard InChI is InChI=1S/C52H50Cl2N6O10/c1-31-35(27-67-49-19-47(69-29-39-13-33(21-55)9-11-59-39)37(15-45(49)53)23-57-25-41(61)17-51(63)64)5-3-7-43(31)44-8-4-6-36(32(44)2)28-68-50-20-48(70-30-40-14-34(22-56)10-12-60-40)38(16-46(50)54)24-58-26-42(62)18-52(65)66/h3-16,19-20,41-42,57-58,61-62H,17-18,23-30H2,1-2H3,(H,63,64)(H,65,66)/t41-,42-/m0/s1. The van der Waals surface area contributed by atoms with E-state index in [2.05, 4.69) is 32.7 Å². The first-order valence-corrected chi connectivity index (χ1v) is 22.7. The van der Waals surface area contributed by atoms with Crippen molar-refractivity contribution in [2.45, 2.75) is 78.4 Å². The largest absolute Gasteiger partial charge is 0.487 e. The average Bonchev–Trinajstić information content (AvgIpc) is 3.33. The highest BCUT2D eigenvalue weighted by molar-refractivity contribution is 6.32. The summed E-state index contributed by atoms with van der Waals surface area (Å²) in [7, 11) is 0. The summed E-state index contributed by atoms with van der Waals surface area (Å²) in [6.45, 7) is 4.83. The normalized spacial score (nSPS) is 11.8. The Hall–Kier alpha value is -7.28. The molecule has 2 atom stereocenters. The molecule has 0 aliphatic carbocycles. The van der Waals surface area contributed by atoms with Crippen LogP contribution in [0.15, 0.2) is 97.3 Å². The van der Waals surface area contributed by atoms with Crippen molar-refractivity contribution < 1.29 is 49.0 Å². The molecule has 0 spiro atoms. The van der Waals surface area contributed by atoms with E-state index in [1.54, 1.807) is 48.5 Å². The average molecular weight is 990 g/mol. The molecule has 6 aromatic rings. The van der Waals surface area contributed by atoms with Crippen molar-refractivity contribution in [1.82, 2.24) is 20.6 Å². The van der Waals surface area contributed by atoms with Crippen LogP contribution in [0.1, 0.15) is 68.7 Å². The van der Waals surface area contributed by atoms with E-state index in [1.165, 1.54) is 12.4 Å². The van der Waals surface area contributed by atoms with Crippen molar-refractivity contribution in [3.8, 4) is 46.3 Å². The third-order valence-electron chi connectivity index (χ3n) is 11.0. The number of nitrogens with zero attached hydrogens (tertiary/aromatic N) is 4. The number of aliphatic carboxylic acids is 2. The number of halogens is 2. The summed E-state index contributed by atoms with van der Waals surface area (Å²) in [5, 5.41) is 63.7. The maximum absolute atomic E-state index is 11.1. The Bertz CT molecular complexity index is 2710. The van der Waals surface area contributed by atoms with Gasteiger partial charge in [-0.2, -0.15) is 10.5 Å². The van der Waals surface area contributed by atoms with Gasteiger partial charge in [-0.25, -0.2) is 0 Å². The van der Waals surface area contributed by atoms with E-state index < -0.39 is 37.0 Å². The van der Waals surface area contributed by atoms with E-state index in [1.807, 2.05) is 50.2 Å². The third kappa shape index (κ3) is 14.9. The predicted molar refractivity (Wildman–Crippen MR) is 259 cm³/mol. The molecule has 0 bridgehead atoms. The summed E-state index contributed by atoms with van der Waals surface area (Å²) in [5.74, 6) is -0.715. The van der Waals surface area contributed by atoms with Crippen molar-refractivity contribution >= 4 is 35.1 Å². The molecule has 70 heavy (non-hydrogen) atoms. The predicted octanol–water partition coefficient (Wildman–Crippen LogP) is 7.98. The van der Waals surface area contributed by atoms with Crippen molar-refractivity contribution in [3.05, 3.63) is 163 Å². The highest BCUT2D eigenvalue weighted by atomic mass is 35.5. The number of aliphatic hydroxyl groups is 2. The Labute approximate surface area is 414 Å². The Morgan fingerprint density at radius 1 is 0.586 bits per heavy atom. The summed E-state index contributed by atoms with van der Waals surface area (Å²) in [6, 6.07) is 29.2. The van der Waals surface area contributed by atoms with E-state index in [0.29, 0.717) is 66.7 Å². The van der Waals surface area contributed by atoms with Gasteiger partial charge in [-0.05, 0) is 83.6 Å². The zero-order valence-electron chi connectivity index (χ0n) is 38.2. The maximum atomic E-state index is 11.1. The Kier molecular flexibility index (Phi) is 18.9. The lowest BCUT2D eigenvalue weighted by Crippen LogP contribution is -2.28. The van der Waals surface area contributed by atoms with Gasteiger partial charge in [-0.1, -0.05) is 59.6 Å². The molecule has 16 nitrogen and oxygen atoms in total. The minimum atomic E-state index is -1.12. The smallest absolute Gasteiger partial charge is 0.306 e. The highest BCUT2D eigenvalue weighted by Gasteiger charge is 2.19. The lowest BCUT2D eigenvalue weighted by atomic mass is 9.92. The number of hydrogen-bond acceptors (Lipinski definition) is 14. The van der Waals surface area contributed by atoms with Crippen LogP contribution in [0.25, 0.3) is 11.1 Å². The Morgan fingerprint density at radius 3 is 1.37 bits per heavy atom. The molecule has 2 heterocycles. The van der Waals surface area contributed by atoms with Crippen LogP contribution in [0.3, 0.4) is 0 Å². The topological polar surface area (TPSA) is 249 Å². The number of nitrogens with one attached hydrogen (secondary N) is 2. The molecule has 0 radical (unpaired) electrons. The molecule has 18 heteroatoms. The molecule has 0 amide bonds. The van der Waals surface area contributed by atoms with Crippen LogP contribution >= 0.6 is 23.2 Å². The number of carboxylic acids is 2. The molecule has 2 aromatic heterocycles. The second-order valence-corrected chi connectivity index (χ2v) is 17.0. The molecule has 362 valence electrons. The fraction of sp³-hybridized carbons (Fsp3) is 0.269. The number of benzene rings is 4. The lowest BCUT2D eigenvalue weighted by Gasteiger charge is -2.19. The van der Waals surface area contributed by atoms with Crippen LogP contribution in [-0.4, -0.2) is 67.6 Å². The van der Waals surface area contributed by atoms with Gasteiger partial charge in [0, 0.05) is 61.8 Å². The van der Waals surface area contributed by atoms with Crippen molar-refractivity contribution in [1.29, 1.82) is 10.5 Å². The molecule has 6 rings (SSSR count). The maximum Gasteiger partial charge on any atom is 0.306 e. The number of pyridine rings is 2. The van der Waals surface area contributed by atoms with Gasteiger partial charge in [0.2, 0.25) is 0 Å². The summed E-state index contributed by atoms with van der Waals surface area (Å²) in [4.78, 5) is 30.7. The van der Waals surface area contributed by atoms with E-state index in [0.717, 1.165) is 33.4 Å². The minimum absolute atomic E-state index is 0.0179. The molecule has 4 aromatic carbocycles. The second-order valence-electron chi connectivity index (χ2n) is 16.2. The lowest BCUT2D eigenvalue weighted by molar-refractivity contribution is -0.140. The number of carbonyl (C=O) groups is 2. The number of nitriles is 2. The first-order chi connectivity index (χ1) is 33.7. The van der Waals surface area contributed by atoms with E-state index in [-0.39, 0.29) is 52.6 Å². The quantitative estimate of drug-likeness (QED) is 0.0318. The number of hydrogen-bond donors (Lipinski definition) is 6. The number of rotatable bonds is 25. The van der Waals surface area contributed by atoms with Crippen LogP contribution in [0.5, 0.6) is 23.0 Å². The van der Waals surface area contributed by atoms with Gasteiger partial charge < -0.3 is 50.0 Å². The van der Waals surface area contributed by atoms with Gasteiger partial charge in [0.05, 0.1) is 69.7 Å². The molecule has 0 aliphatic rings. The summed E-state index contributed by atoms with van der Waals surface area (Å²) < 4.78 is 25.0. The van der Waals surface area contributed by atoms with Gasteiger partial charge in [-0.3, -0.25) is 19.6 Å². The molecule has 6 N–H and O–H groups in total. The van der Waals surface area contributed by atoms with Crippen LogP contribution < -0.4 is 29.6 Å². The third-order valence-corrected chi connectivity index (χ3v) is 11.6. The van der Waals surface area contributed by atoms with E-state index in [4.69, 9.17) is 52.4 Å². The van der Waals surface area contributed by atoms with Gasteiger partial charge in [-0.15, -0.1) is 0 Å². The van der Waals surface area contributed by atoms with Crippen LogP contribution in [0.2, 0.25) is 10.0 Å². The number of carboxylic acid groups (broad SMARTS) is 2. The van der Waals surface area contributed by atoms with Crippen molar-refractivity contribution in [2.75, 3.05) is 13.1 Å². The van der Waals surface area contributed by atoms with Crippen LogP contribution in [0.4, 0.5) is 0 Å². The van der Waals surface area contributed by atoms with Gasteiger partial charge in [0.15, 0.2) is 0 Å². The Balaban J connectivity index is 1.18.